The number of amides is 1. The van der Waals surface area contributed by atoms with Gasteiger partial charge in [-0.15, -0.1) is 11.3 Å². The van der Waals surface area contributed by atoms with E-state index < -0.39 is 17.8 Å². The first-order valence-corrected chi connectivity index (χ1v) is 12.5. The number of carbonyl (C=O) groups excluding carboxylic acids is 1. The quantitative estimate of drug-likeness (QED) is 0.173. The maximum atomic E-state index is 13.1. The van der Waals surface area contributed by atoms with E-state index in [4.69, 9.17) is 0 Å². The van der Waals surface area contributed by atoms with Crippen molar-refractivity contribution in [1.82, 2.24) is 36.0 Å². The molecule has 0 atom stereocenters. The van der Waals surface area contributed by atoms with Crippen LogP contribution in [-0.4, -0.2) is 51.4 Å². The third-order valence-corrected chi connectivity index (χ3v) is 6.65. The average Bonchev–Trinajstić information content (AvgIpc) is 3.66. The molecule has 5 rings (SSSR count). The minimum Gasteiger partial charge on any atom is -0.320 e. The van der Waals surface area contributed by atoms with E-state index in [1.165, 1.54) is 5.38 Å². The molecule has 0 spiro atoms. The second-order valence-electron chi connectivity index (χ2n) is 8.49. The van der Waals surface area contributed by atoms with E-state index >= 15 is 0 Å². The summed E-state index contributed by atoms with van der Waals surface area (Å²) in [7, 11) is 1.90. The zero-order chi connectivity index (χ0) is 26.7. The smallest absolute Gasteiger partial charge is 0.320 e. The third kappa shape index (κ3) is 5.59. The molecule has 0 aliphatic carbocycles. The number of nitrogens with zero attached hydrogens (tertiary/aromatic N) is 3. The molecular weight excluding hydrogens is 517 g/mol. The molecule has 5 N–H and O–H groups in total. The molecule has 0 aliphatic rings. The molecule has 9 nitrogen and oxygen atoms in total. The van der Waals surface area contributed by atoms with Crippen LogP contribution in [0.25, 0.3) is 32.7 Å². The Balaban J connectivity index is 1.41. The Morgan fingerprint density at radius 2 is 1.97 bits per heavy atom. The van der Waals surface area contributed by atoms with Crippen LogP contribution < -0.4 is 16.0 Å². The van der Waals surface area contributed by atoms with Crippen LogP contribution in [0.4, 0.5) is 18.9 Å². The summed E-state index contributed by atoms with van der Waals surface area (Å²) in [5, 5.41) is 24.6. The highest BCUT2D eigenvalue weighted by Crippen LogP contribution is 2.34. The Labute approximate surface area is 218 Å². The fraction of sp³-hybridized carbons (Fsp3) is 0.200. The molecule has 0 saturated heterocycles. The third-order valence-electron chi connectivity index (χ3n) is 5.78. The summed E-state index contributed by atoms with van der Waals surface area (Å²) in [6.45, 7) is 2.37. The normalized spacial score (nSPS) is 11.8. The van der Waals surface area contributed by atoms with Crippen LogP contribution in [0.5, 0.6) is 0 Å². The van der Waals surface area contributed by atoms with Gasteiger partial charge in [0.1, 0.15) is 22.1 Å². The number of benzene rings is 2. The zero-order valence-electron chi connectivity index (χ0n) is 20.1. The van der Waals surface area contributed by atoms with Crippen molar-refractivity contribution < 1.29 is 18.0 Å². The number of anilines is 1. The van der Waals surface area contributed by atoms with Gasteiger partial charge in [-0.3, -0.25) is 15.0 Å². The Morgan fingerprint density at radius 1 is 1.11 bits per heavy atom. The highest BCUT2D eigenvalue weighted by atomic mass is 32.1. The Morgan fingerprint density at radius 3 is 2.76 bits per heavy atom. The minimum absolute atomic E-state index is 0.0149. The van der Waals surface area contributed by atoms with E-state index in [9.17, 15) is 18.0 Å². The lowest BCUT2D eigenvalue weighted by molar-refractivity contribution is -0.141. The number of thiazole rings is 1. The predicted molar refractivity (Wildman–Crippen MR) is 140 cm³/mol. The SMILES string of the molecule is CNCCNCc1cccc(-c2cc3cn[nH]c3cc2NC(=O)c2csc(-c3cc(C(F)(F)F)[nH]n3)n2)c1. The molecule has 3 heterocycles. The summed E-state index contributed by atoms with van der Waals surface area (Å²) in [4.78, 5) is 17.3. The molecule has 0 unspecified atom stereocenters. The Kier molecular flexibility index (Phi) is 7.22. The van der Waals surface area contributed by atoms with Gasteiger partial charge in [-0.2, -0.15) is 23.4 Å². The van der Waals surface area contributed by atoms with Crippen molar-refractivity contribution in [1.29, 1.82) is 0 Å². The summed E-state index contributed by atoms with van der Waals surface area (Å²) >= 11 is 1.03. The van der Waals surface area contributed by atoms with Crippen molar-refractivity contribution in [2.75, 3.05) is 25.5 Å². The molecule has 38 heavy (non-hydrogen) atoms. The molecule has 0 fully saturated rings. The van der Waals surface area contributed by atoms with Gasteiger partial charge >= 0.3 is 6.18 Å². The van der Waals surface area contributed by atoms with Gasteiger partial charge < -0.3 is 16.0 Å². The first-order chi connectivity index (χ1) is 18.3. The van der Waals surface area contributed by atoms with Crippen LogP contribution in [0.2, 0.25) is 0 Å². The largest absolute Gasteiger partial charge is 0.432 e. The van der Waals surface area contributed by atoms with Gasteiger partial charge in [-0.25, -0.2) is 4.98 Å². The van der Waals surface area contributed by atoms with Crippen LogP contribution >= 0.6 is 11.3 Å². The number of H-pyrrole nitrogens is 2. The maximum absolute atomic E-state index is 13.1. The predicted octanol–water partition coefficient (Wildman–Crippen LogP) is 4.66. The van der Waals surface area contributed by atoms with Crippen molar-refractivity contribution >= 4 is 33.8 Å². The second-order valence-corrected chi connectivity index (χ2v) is 9.35. The van der Waals surface area contributed by atoms with Crippen LogP contribution in [0.15, 0.2) is 54.0 Å². The monoisotopic (exact) mass is 540 g/mol. The Hall–Kier alpha value is -4.07. The van der Waals surface area contributed by atoms with E-state index in [1.54, 1.807) is 12.3 Å². The number of carbonyl (C=O) groups is 1. The van der Waals surface area contributed by atoms with Gasteiger partial charge in [0, 0.05) is 36.0 Å². The molecule has 5 aromatic rings. The van der Waals surface area contributed by atoms with E-state index in [2.05, 4.69) is 42.3 Å². The number of nitrogens with one attached hydrogen (secondary N) is 5. The van der Waals surface area contributed by atoms with E-state index in [-0.39, 0.29) is 16.4 Å². The van der Waals surface area contributed by atoms with Gasteiger partial charge in [0.2, 0.25) is 0 Å². The van der Waals surface area contributed by atoms with Crippen molar-refractivity contribution in [3.05, 3.63) is 71.0 Å². The van der Waals surface area contributed by atoms with E-state index in [0.717, 1.165) is 58.1 Å². The van der Waals surface area contributed by atoms with E-state index in [1.807, 2.05) is 36.4 Å². The van der Waals surface area contributed by atoms with Crippen molar-refractivity contribution in [2.45, 2.75) is 12.7 Å². The lowest BCUT2D eigenvalue weighted by Crippen LogP contribution is -2.24. The average molecular weight is 541 g/mol. The van der Waals surface area contributed by atoms with Crippen molar-refractivity contribution in [3.8, 4) is 21.8 Å². The lowest BCUT2D eigenvalue weighted by Gasteiger charge is -2.13. The number of fused-ring (bicyclic) bond motifs is 1. The topological polar surface area (TPSA) is 123 Å². The van der Waals surface area contributed by atoms with Gasteiger partial charge in [0.15, 0.2) is 0 Å². The van der Waals surface area contributed by atoms with Crippen LogP contribution in [0.3, 0.4) is 0 Å². The fourth-order valence-corrected chi connectivity index (χ4v) is 4.65. The van der Waals surface area contributed by atoms with Crippen LogP contribution in [0.1, 0.15) is 21.7 Å². The molecule has 2 aromatic carbocycles. The number of hydrogen-bond acceptors (Lipinski definition) is 7. The fourth-order valence-electron chi connectivity index (χ4n) is 3.89. The highest BCUT2D eigenvalue weighted by Gasteiger charge is 2.33. The molecule has 3 aromatic heterocycles. The standard InChI is InChI=1S/C25H23F3N8OS/c1-29-5-6-30-11-14-3-2-4-15(7-14)17-8-16-12-31-34-18(16)9-19(17)32-23(37)21-13-38-24(33-21)20-10-22(36-35-20)25(26,27)28/h2-4,7-10,12-13,29-30H,5-6,11H2,1H3,(H,31,34)(H,32,37)(H,35,36). The first kappa shape index (κ1) is 25.6. The van der Waals surface area contributed by atoms with Crippen LogP contribution in [0, 0.1) is 0 Å². The molecular formula is C25H23F3N8OS. The van der Waals surface area contributed by atoms with Gasteiger partial charge in [-0.1, -0.05) is 18.2 Å². The number of aromatic nitrogens is 5. The number of hydrogen-bond donors (Lipinski definition) is 5. The molecule has 0 radical (unpaired) electrons. The van der Waals surface area contributed by atoms with Crippen molar-refractivity contribution in [3.63, 3.8) is 0 Å². The van der Waals surface area contributed by atoms with Gasteiger partial charge in [0.25, 0.3) is 5.91 Å². The number of rotatable bonds is 9. The van der Waals surface area contributed by atoms with Crippen molar-refractivity contribution in [2.24, 2.45) is 0 Å². The first-order valence-electron chi connectivity index (χ1n) is 11.6. The molecule has 0 bridgehead atoms. The summed E-state index contributed by atoms with van der Waals surface area (Å²) < 4.78 is 38.7. The van der Waals surface area contributed by atoms with E-state index in [0.29, 0.717) is 12.2 Å². The maximum Gasteiger partial charge on any atom is 0.432 e. The Bertz CT molecular complexity index is 1570. The molecule has 0 saturated carbocycles. The lowest BCUT2D eigenvalue weighted by atomic mass is 9.99. The number of halogens is 3. The minimum atomic E-state index is -4.55. The molecule has 0 aliphatic heterocycles. The number of likely N-dealkylation sites (N-methyl/N-ethyl adjacent to an activating group) is 1. The summed E-state index contributed by atoms with van der Waals surface area (Å²) in [5.74, 6) is -0.496. The molecule has 13 heteroatoms. The summed E-state index contributed by atoms with van der Waals surface area (Å²) in [5.41, 5.74) is 3.18. The summed E-state index contributed by atoms with van der Waals surface area (Å²) in [6, 6.07) is 12.6. The zero-order valence-corrected chi connectivity index (χ0v) is 20.9. The van der Waals surface area contributed by atoms with Crippen LogP contribution in [-0.2, 0) is 12.7 Å². The molecule has 1 amide bonds. The number of alkyl halides is 3. The van der Waals surface area contributed by atoms with Gasteiger partial charge in [0.05, 0.1) is 17.4 Å². The number of aromatic amines is 2. The van der Waals surface area contributed by atoms with Gasteiger partial charge in [-0.05, 0) is 42.4 Å². The second kappa shape index (κ2) is 10.7. The highest BCUT2D eigenvalue weighted by molar-refractivity contribution is 7.13. The molecule has 196 valence electrons. The summed E-state index contributed by atoms with van der Waals surface area (Å²) in [6.07, 6.45) is -2.84.